The Bertz CT molecular complexity index is 1190. The smallest absolute Gasteiger partial charge is 0.152 e. The largest absolute Gasteiger partial charge is 0.388 e. The fraction of sp³-hybridized carbons (Fsp3) is 0.481. The summed E-state index contributed by atoms with van der Waals surface area (Å²) in [6.45, 7) is 12.8. The average Bonchev–Trinajstić information content (AvgIpc) is 3.30. The quantitative estimate of drug-likeness (QED) is 0.595. The maximum absolute atomic E-state index is 12.9. The number of nitrogens with zero attached hydrogens (tertiary/aromatic N) is 3. The van der Waals surface area contributed by atoms with Gasteiger partial charge < -0.3 is 10.0 Å². The van der Waals surface area contributed by atoms with Gasteiger partial charge in [0.1, 0.15) is 5.00 Å². The number of anilines is 1. The molecule has 1 atom stereocenters. The second-order valence-electron chi connectivity index (χ2n) is 10.5. The molecule has 1 aliphatic heterocycles. The fourth-order valence-electron chi connectivity index (χ4n) is 5.61. The SMILES string of the molecule is CC1(C)C(=O)C(C)(C)c2cc(C(O)CCN3CCN(c4snc5ccccc45)CC3)ccc21. The van der Waals surface area contributed by atoms with Crippen LogP contribution < -0.4 is 4.90 Å². The summed E-state index contributed by atoms with van der Waals surface area (Å²) in [6.07, 6.45) is 0.174. The van der Waals surface area contributed by atoms with E-state index in [1.54, 1.807) is 11.5 Å². The van der Waals surface area contributed by atoms with Crippen molar-refractivity contribution < 1.29 is 9.90 Å². The maximum Gasteiger partial charge on any atom is 0.152 e. The van der Waals surface area contributed by atoms with Crippen molar-refractivity contribution in [1.82, 2.24) is 9.27 Å². The minimum Gasteiger partial charge on any atom is -0.388 e. The summed E-state index contributed by atoms with van der Waals surface area (Å²) in [7, 11) is 0. The van der Waals surface area contributed by atoms with Gasteiger partial charge in [0.15, 0.2) is 5.78 Å². The zero-order chi connectivity index (χ0) is 23.4. The Morgan fingerprint density at radius 1 is 1.00 bits per heavy atom. The Morgan fingerprint density at radius 2 is 1.70 bits per heavy atom. The molecule has 33 heavy (non-hydrogen) atoms. The highest BCUT2D eigenvalue weighted by atomic mass is 32.1. The molecule has 2 heterocycles. The molecule has 0 spiro atoms. The molecule has 2 aliphatic rings. The minimum absolute atomic E-state index is 0.253. The molecule has 1 unspecified atom stereocenters. The summed E-state index contributed by atoms with van der Waals surface area (Å²) in [5.74, 6) is 0.253. The van der Waals surface area contributed by atoms with E-state index in [2.05, 4.69) is 44.5 Å². The first-order valence-corrected chi connectivity index (χ1v) is 12.7. The van der Waals surface area contributed by atoms with Gasteiger partial charge in [-0.3, -0.25) is 9.69 Å². The maximum atomic E-state index is 12.9. The van der Waals surface area contributed by atoms with Crippen molar-refractivity contribution in [3.63, 3.8) is 0 Å². The van der Waals surface area contributed by atoms with Crippen LogP contribution >= 0.6 is 11.5 Å². The molecular formula is C27H33N3O2S. The number of aliphatic hydroxyl groups excluding tert-OH is 1. The van der Waals surface area contributed by atoms with E-state index in [0.717, 1.165) is 54.9 Å². The van der Waals surface area contributed by atoms with Crippen LogP contribution in [0, 0.1) is 0 Å². The van der Waals surface area contributed by atoms with Crippen molar-refractivity contribution in [2.24, 2.45) is 0 Å². The number of benzene rings is 2. The van der Waals surface area contributed by atoms with Crippen LogP contribution in [0.1, 0.15) is 56.9 Å². The summed E-state index contributed by atoms with van der Waals surface area (Å²) in [5, 5.41) is 13.5. The lowest BCUT2D eigenvalue weighted by Crippen LogP contribution is -2.46. The number of hydrogen-bond acceptors (Lipinski definition) is 6. The Labute approximate surface area is 200 Å². The Balaban J connectivity index is 1.20. The molecule has 1 N–H and O–H groups in total. The van der Waals surface area contributed by atoms with Crippen LogP contribution in [0.25, 0.3) is 10.9 Å². The van der Waals surface area contributed by atoms with Gasteiger partial charge in [0.2, 0.25) is 0 Å². The van der Waals surface area contributed by atoms with Gasteiger partial charge in [0, 0.05) is 48.9 Å². The van der Waals surface area contributed by atoms with Crippen LogP contribution in [-0.2, 0) is 15.6 Å². The number of fused-ring (bicyclic) bond motifs is 2. The molecule has 1 aliphatic carbocycles. The van der Waals surface area contributed by atoms with Gasteiger partial charge in [-0.25, -0.2) is 0 Å². The molecule has 1 saturated heterocycles. The van der Waals surface area contributed by atoms with E-state index in [1.807, 2.05) is 39.8 Å². The van der Waals surface area contributed by atoms with E-state index in [-0.39, 0.29) is 5.78 Å². The zero-order valence-corrected chi connectivity index (χ0v) is 20.8. The van der Waals surface area contributed by atoms with E-state index >= 15 is 0 Å². The van der Waals surface area contributed by atoms with Crippen LogP contribution in [0.4, 0.5) is 5.00 Å². The van der Waals surface area contributed by atoms with Crippen LogP contribution in [-0.4, -0.2) is 52.9 Å². The molecule has 3 aromatic rings. The van der Waals surface area contributed by atoms with Crippen molar-refractivity contribution in [3.8, 4) is 0 Å². The van der Waals surface area contributed by atoms with Crippen molar-refractivity contribution in [2.45, 2.75) is 51.0 Å². The summed E-state index contributed by atoms with van der Waals surface area (Å²) in [5.41, 5.74) is 3.18. The van der Waals surface area contributed by atoms with Crippen LogP contribution in [0.15, 0.2) is 42.5 Å². The lowest BCUT2D eigenvalue weighted by Gasteiger charge is -2.35. The molecule has 0 saturated carbocycles. The Kier molecular flexibility index (Phi) is 5.58. The highest BCUT2D eigenvalue weighted by molar-refractivity contribution is 7.11. The fourth-order valence-corrected chi connectivity index (χ4v) is 6.52. The van der Waals surface area contributed by atoms with Gasteiger partial charge in [-0.1, -0.05) is 30.3 Å². The van der Waals surface area contributed by atoms with Gasteiger partial charge >= 0.3 is 0 Å². The molecule has 1 aromatic heterocycles. The standard InChI is InChI=1S/C27H33N3O2S/c1-26(2)20-10-9-18(17-21(20)27(3,4)25(26)32)23(31)11-12-29-13-15-30(16-14-29)24-19-7-5-6-8-22(19)28-33-24/h5-10,17,23,31H,11-16H2,1-4H3. The molecule has 174 valence electrons. The number of aliphatic hydroxyl groups is 1. The van der Waals surface area contributed by atoms with Crippen molar-refractivity contribution in [1.29, 1.82) is 0 Å². The van der Waals surface area contributed by atoms with Crippen LogP contribution in [0.2, 0.25) is 0 Å². The predicted octanol–water partition coefficient (Wildman–Crippen LogP) is 4.68. The lowest BCUT2D eigenvalue weighted by molar-refractivity contribution is -0.126. The Morgan fingerprint density at radius 3 is 2.45 bits per heavy atom. The number of rotatable bonds is 5. The third-order valence-corrected chi connectivity index (χ3v) is 8.59. The van der Waals surface area contributed by atoms with Crippen molar-refractivity contribution >= 4 is 33.2 Å². The zero-order valence-electron chi connectivity index (χ0n) is 20.0. The monoisotopic (exact) mass is 463 g/mol. The van der Waals surface area contributed by atoms with Crippen molar-refractivity contribution in [3.05, 3.63) is 59.2 Å². The minimum atomic E-state index is -0.520. The molecule has 0 bridgehead atoms. The van der Waals surface area contributed by atoms with E-state index in [1.165, 1.54) is 10.4 Å². The molecular weight excluding hydrogens is 430 g/mol. The molecule has 5 rings (SSSR count). The number of aromatic nitrogens is 1. The molecule has 0 radical (unpaired) electrons. The van der Waals surface area contributed by atoms with E-state index < -0.39 is 16.9 Å². The molecule has 6 heteroatoms. The number of Topliss-reactive ketones (excluding diaryl/α,β-unsaturated/α-hetero) is 1. The molecule has 1 fully saturated rings. The van der Waals surface area contributed by atoms with E-state index in [4.69, 9.17) is 0 Å². The normalized spacial score (nSPS) is 20.9. The average molecular weight is 464 g/mol. The number of piperazine rings is 1. The van der Waals surface area contributed by atoms with E-state index in [9.17, 15) is 9.90 Å². The van der Waals surface area contributed by atoms with Gasteiger partial charge in [-0.15, -0.1) is 0 Å². The number of carbonyl (C=O) groups excluding carboxylic acids is 1. The van der Waals surface area contributed by atoms with E-state index in [0.29, 0.717) is 6.42 Å². The second-order valence-corrected chi connectivity index (χ2v) is 11.3. The predicted molar refractivity (Wildman–Crippen MR) is 135 cm³/mol. The first-order valence-electron chi connectivity index (χ1n) is 11.9. The topological polar surface area (TPSA) is 56.7 Å². The first-order chi connectivity index (χ1) is 15.7. The number of ketones is 1. The summed E-state index contributed by atoms with van der Waals surface area (Å²) < 4.78 is 4.59. The second kappa shape index (κ2) is 8.19. The third-order valence-electron chi connectivity index (χ3n) is 7.65. The molecule has 0 amide bonds. The van der Waals surface area contributed by atoms with Gasteiger partial charge in [0.05, 0.1) is 11.6 Å². The highest BCUT2D eigenvalue weighted by Gasteiger charge is 2.50. The molecule has 5 nitrogen and oxygen atoms in total. The van der Waals surface area contributed by atoms with Gasteiger partial charge in [0.25, 0.3) is 0 Å². The summed E-state index contributed by atoms with van der Waals surface area (Å²) >= 11 is 1.59. The summed E-state index contributed by atoms with van der Waals surface area (Å²) in [4.78, 5) is 17.8. The van der Waals surface area contributed by atoms with Crippen molar-refractivity contribution in [2.75, 3.05) is 37.6 Å². The van der Waals surface area contributed by atoms with Gasteiger partial charge in [-0.2, -0.15) is 4.37 Å². The Hall–Kier alpha value is -2.28. The third kappa shape index (κ3) is 3.78. The number of hydrogen-bond donors (Lipinski definition) is 1. The molecule has 2 aromatic carbocycles. The highest BCUT2D eigenvalue weighted by Crippen LogP contribution is 2.47. The van der Waals surface area contributed by atoms with Gasteiger partial charge in [-0.05, 0) is 74.5 Å². The lowest BCUT2D eigenvalue weighted by atomic mass is 9.80. The summed E-state index contributed by atoms with van der Waals surface area (Å²) in [6, 6.07) is 14.5. The van der Waals surface area contributed by atoms with Crippen LogP contribution in [0.3, 0.4) is 0 Å². The van der Waals surface area contributed by atoms with Crippen LogP contribution in [0.5, 0.6) is 0 Å². The first kappa shape index (κ1) is 22.5. The number of carbonyl (C=O) groups is 1.